The van der Waals surface area contributed by atoms with E-state index in [0.717, 1.165) is 28.8 Å². The number of nitrogen functional groups attached to an aromatic ring is 1. The molecule has 1 aromatic heterocycles. The fraction of sp³-hybridized carbons (Fsp3) is 0.235. The van der Waals surface area contributed by atoms with Crippen LogP contribution in [0.15, 0.2) is 42.6 Å². The standard InChI is InChI=1S/C17H20N4/c1-11(2)13-5-3-12(4-6-13)9-19-17-8-16-14(7-15(17)18)10-20-21-16/h3-8,10-11,19H,9,18H2,1-2H3,(H,20,21). The quantitative estimate of drug-likeness (QED) is 0.635. The Morgan fingerprint density at radius 3 is 2.67 bits per heavy atom. The van der Waals surface area contributed by atoms with E-state index in [1.165, 1.54) is 11.1 Å². The highest BCUT2D eigenvalue weighted by Gasteiger charge is 2.04. The number of hydrogen-bond acceptors (Lipinski definition) is 3. The zero-order valence-corrected chi connectivity index (χ0v) is 12.4. The van der Waals surface area contributed by atoms with Gasteiger partial charge in [-0.25, -0.2) is 0 Å². The average Bonchev–Trinajstić information content (AvgIpc) is 2.92. The summed E-state index contributed by atoms with van der Waals surface area (Å²) in [6.07, 6.45) is 1.78. The predicted molar refractivity (Wildman–Crippen MR) is 88.4 cm³/mol. The molecular weight excluding hydrogens is 260 g/mol. The minimum atomic E-state index is 0.561. The summed E-state index contributed by atoms with van der Waals surface area (Å²) in [5, 5.41) is 11.4. The maximum atomic E-state index is 6.07. The van der Waals surface area contributed by atoms with Crippen LogP contribution in [0.5, 0.6) is 0 Å². The normalized spacial score (nSPS) is 11.2. The maximum absolute atomic E-state index is 6.07. The van der Waals surface area contributed by atoms with Gasteiger partial charge in [0.1, 0.15) is 0 Å². The molecule has 0 aliphatic rings. The largest absolute Gasteiger partial charge is 0.397 e. The van der Waals surface area contributed by atoms with Crippen LogP contribution in [-0.4, -0.2) is 10.2 Å². The molecule has 3 rings (SSSR count). The predicted octanol–water partition coefficient (Wildman–Crippen LogP) is 3.88. The van der Waals surface area contributed by atoms with Gasteiger partial charge >= 0.3 is 0 Å². The van der Waals surface area contributed by atoms with E-state index in [9.17, 15) is 0 Å². The third-order valence-corrected chi connectivity index (χ3v) is 3.74. The van der Waals surface area contributed by atoms with E-state index < -0.39 is 0 Å². The van der Waals surface area contributed by atoms with Gasteiger partial charge in [0.15, 0.2) is 0 Å². The van der Waals surface area contributed by atoms with E-state index in [1.807, 2.05) is 12.1 Å². The number of nitrogens with two attached hydrogens (primary N) is 1. The van der Waals surface area contributed by atoms with Crippen molar-refractivity contribution in [2.75, 3.05) is 11.1 Å². The van der Waals surface area contributed by atoms with Crippen LogP contribution in [0.1, 0.15) is 30.9 Å². The SMILES string of the molecule is CC(C)c1ccc(CNc2cc3[nH]ncc3cc2N)cc1. The van der Waals surface area contributed by atoms with Gasteiger partial charge in [0.05, 0.1) is 23.1 Å². The Morgan fingerprint density at radius 2 is 1.95 bits per heavy atom. The van der Waals surface area contributed by atoms with Crippen molar-refractivity contribution < 1.29 is 0 Å². The Kier molecular flexibility index (Phi) is 3.52. The van der Waals surface area contributed by atoms with Gasteiger partial charge in [0.25, 0.3) is 0 Å². The minimum absolute atomic E-state index is 0.561. The Morgan fingerprint density at radius 1 is 1.19 bits per heavy atom. The molecule has 0 fully saturated rings. The van der Waals surface area contributed by atoms with E-state index >= 15 is 0 Å². The lowest BCUT2D eigenvalue weighted by atomic mass is 10.0. The number of benzene rings is 2. The zero-order valence-electron chi connectivity index (χ0n) is 12.4. The minimum Gasteiger partial charge on any atom is -0.397 e. The molecule has 0 amide bonds. The molecule has 0 unspecified atom stereocenters. The van der Waals surface area contributed by atoms with Crippen molar-refractivity contribution in [1.82, 2.24) is 10.2 Å². The Bertz CT molecular complexity index is 741. The van der Waals surface area contributed by atoms with Crippen LogP contribution < -0.4 is 11.1 Å². The van der Waals surface area contributed by atoms with Crippen LogP contribution in [0.3, 0.4) is 0 Å². The molecule has 4 nitrogen and oxygen atoms in total. The lowest BCUT2D eigenvalue weighted by Crippen LogP contribution is -2.02. The van der Waals surface area contributed by atoms with Crippen LogP contribution in [0.4, 0.5) is 11.4 Å². The molecule has 0 saturated heterocycles. The number of nitrogens with zero attached hydrogens (tertiary/aromatic N) is 1. The number of fused-ring (bicyclic) bond motifs is 1. The van der Waals surface area contributed by atoms with E-state index in [4.69, 9.17) is 5.73 Å². The first-order valence-electron chi connectivity index (χ1n) is 7.19. The number of hydrogen-bond donors (Lipinski definition) is 3. The topological polar surface area (TPSA) is 66.7 Å². The Balaban J connectivity index is 1.74. The molecule has 0 radical (unpaired) electrons. The Labute approximate surface area is 124 Å². The maximum Gasteiger partial charge on any atom is 0.0672 e. The van der Waals surface area contributed by atoms with Crippen molar-refractivity contribution in [1.29, 1.82) is 0 Å². The van der Waals surface area contributed by atoms with Gasteiger partial charge < -0.3 is 11.1 Å². The summed E-state index contributed by atoms with van der Waals surface area (Å²) in [6, 6.07) is 12.6. The third-order valence-electron chi connectivity index (χ3n) is 3.74. The van der Waals surface area contributed by atoms with Crippen molar-refractivity contribution in [3.8, 4) is 0 Å². The molecule has 108 valence electrons. The van der Waals surface area contributed by atoms with Crippen molar-refractivity contribution in [3.63, 3.8) is 0 Å². The first-order valence-corrected chi connectivity index (χ1v) is 7.19. The number of anilines is 2. The molecule has 4 heteroatoms. The summed E-state index contributed by atoms with van der Waals surface area (Å²) in [5.74, 6) is 0.561. The molecule has 0 atom stereocenters. The molecule has 1 heterocycles. The molecular formula is C17H20N4. The molecule has 0 bridgehead atoms. The van der Waals surface area contributed by atoms with E-state index in [-0.39, 0.29) is 0 Å². The molecule has 3 aromatic rings. The summed E-state index contributed by atoms with van der Waals surface area (Å²) >= 11 is 0. The second-order valence-electron chi connectivity index (χ2n) is 5.65. The summed E-state index contributed by atoms with van der Waals surface area (Å²) in [6.45, 7) is 5.16. The first-order chi connectivity index (χ1) is 10.1. The van der Waals surface area contributed by atoms with Gasteiger partial charge in [-0.3, -0.25) is 5.10 Å². The summed E-state index contributed by atoms with van der Waals surface area (Å²) in [7, 11) is 0. The van der Waals surface area contributed by atoms with Crippen molar-refractivity contribution in [2.24, 2.45) is 0 Å². The average molecular weight is 280 g/mol. The molecule has 4 N–H and O–H groups in total. The molecule has 2 aromatic carbocycles. The van der Waals surface area contributed by atoms with Crippen LogP contribution in [-0.2, 0) is 6.54 Å². The van der Waals surface area contributed by atoms with Gasteiger partial charge in [-0.1, -0.05) is 38.1 Å². The Hall–Kier alpha value is -2.49. The number of rotatable bonds is 4. The molecule has 0 aliphatic carbocycles. The van der Waals surface area contributed by atoms with E-state index in [2.05, 4.69) is 53.6 Å². The molecule has 0 saturated carbocycles. The lowest BCUT2D eigenvalue weighted by molar-refractivity contribution is 0.865. The van der Waals surface area contributed by atoms with Gasteiger partial charge in [0.2, 0.25) is 0 Å². The first kappa shape index (κ1) is 13.5. The van der Waals surface area contributed by atoms with Crippen LogP contribution in [0, 0.1) is 0 Å². The highest BCUT2D eigenvalue weighted by molar-refractivity contribution is 5.88. The van der Waals surface area contributed by atoms with Gasteiger partial charge in [-0.05, 0) is 29.2 Å². The van der Waals surface area contributed by atoms with Crippen LogP contribution in [0.2, 0.25) is 0 Å². The van der Waals surface area contributed by atoms with Crippen molar-refractivity contribution in [3.05, 3.63) is 53.7 Å². The highest BCUT2D eigenvalue weighted by Crippen LogP contribution is 2.25. The molecule has 0 aliphatic heterocycles. The molecule has 0 spiro atoms. The second-order valence-corrected chi connectivity index (χ2v) is 5.65. The van der Waals surface area contributed by atoms with Crippen molar-refractivity contribution >= 4 is 22.3 Å². The second kappa shape index (κ2) is 5.48. The third kappa shape index (κ3) is 2.84. The monoisotopic (exact) mass is 280 g/mol. The van der Waals surface area contributed by atoms with Gasteiger partial charge in [0, 0.05) is 11.9 Å². The number of aromatic amines is 1. The fourth-order valence-electron chi connectivity index (χ4n) is 2.38. The zero-order chi connectivity index (χ0) is 14.8. The highest BCUT2D eigenvalue weighted by atomic mass is 15.1. The summed E-state index contributed by atoms with van der Waals surface area (Å²) < 4.78 is 0. The summed E-state index contributed by atoms with van der Waals surface area (Å²) in [4.78, 5) is 0. The number of nitrogens with one attached hydrogen (secondary N) is 2. The number of H-pyrrole nitrogens is 1. The van der Waals surface area contributed by atoms with E-state index in [1.54, 1.807) is 6.20 Å². The van der Waals surface area contributed by atoms with Crippen LogP contribution >= 0.6 is 0 Å². The van der Waals surface area contributed by atoms with Crippen molar-refractivity contribution in [2.45, 2.75) is 26.3 Å². The molecule has 21 heavy (non-hydrogen) atoms. The summed E-state index contributed by atoms with van der Waals surface area (Å²) in [5.41, 5.74) is 11.3. The van der Waals surface area contributed by atoms with E-state index in [0.29, 0.717) is 5.92 Å². The smallest absolute Gasteiger partial charge is 0.0672 e. The fourth-order valence-corrected chi connectivity index (χ4v) is 2.38. The lowest BCUT2D eigenvalue weighted by Gasteiger charge is -2.11. The number of aromatic nitrogens is 2. The van der Waals surface area contributed by atoms with Gasteiger partial charge in [-0.15, -0.1) is 0 Å². The van der Waals surface area contributed by atoms with Gasteiger partial charge in [-0.2, -0.15) is 5.10 Å². The van der Waals surface area contributed by atoms with Crippen LogP contribution in [0.25, 0.3) is 10.9 Å².